The van der Waals surface area contributed by atoms with Gasteiger partial charge in [-0.15, -0.1) is 0 Å². The molecule has 1 aromatic rings. The fraction of sp³-hybridized carbons (Fsp3) is 0.600. The molecule has 29 heavy (non-hydrogen) atoms. The third-order valence-electron chi connectivity index (χ3n) is 5.31. The van der Waals surface area contributed by atoms with Gasteiger partial charge in [0.1, 0.15) is 5.69 Å². The summed E-state index contributed by atoms with van der Waals surface area (Å²) in [5.41, 5.74) is 0.343. The van der Waals surface area contributed by atoms with Gasteiger partial charge in [0.15, 0.2) is 6.61 Å². The number of ether oxygens (including phenoxy) is 2. The molecule has 2 aliphatic rings. The quantitative estimate of drug-likeness (QED) is 0.420. The Labute approximate surface area is 169 Å². The minimum Gasteiger partial charge on any atom is -0.452 e. The standard InChI is InChI=1S/C20H27N3O6/c1-14-9-15(2)12-22(11-14)19(24)13-29-20(25)16-3-4-17(18(10-16)23(26)27)21-5-7-28-8-6-21/h3-4,10,14-15H,5-9,11-13H2,1-2H3/t14-,15-/m1/s1. The number of benzene rings is 1. The van der Waals surface area contributed by atoms with Gasteiger partial charge in [0.05, 0.1) is 23.7 Å². The molecule has 2 aliphatic heterocycles. The summed E-state index contributed by atoms with van der Waals surface area (Å²) >= 11 is 0. The highest BCUT2D eigenvalue weighted by atomic mass is 16.6. The van der Waals surface area contributed by atoms with Crippen LogP contribution < -0.4 is 4.90 Å². The van der Waals surface area contributed by atoms with Crippen molar-refractivity contribution in [2.45, 2.75) is 20.3 Å². The second-order valence-electron chi connectivity index (χ2n) is 7.88. The Morgan fingerprint density at radius 1 is 1.21 bits per heavy atom. The number of piperidine rings is 1. The van der Waals surface area contributed by atoms with E-state index in [1.165, 1.54) is 12.1 Å². The number of nitro groups is 1. The molecule has 0 aliphatic carbocycles. The normalized spacial score (nSPS) is 22.3. The molecule has 2 atom stereocenters. The zero-order chi connectivity index (χ0) is 21.0. The van der Waals surface area contributed by atoms with Crippen LogP contribution in [-0.2, 0) is 14.3 Å². The molecule has 0 aromatic heterocycles. The van der Waals surface area contributed by atoms with Gasteiger partial charge in [-0.05, 0) is 30.4 Å². The van der Waals surface area contributed by atoms with Crippen molar-refractivity contribution in [3.63, 3.8) is 0 Å². The summed E-state index contributed by atoms with van der Waals surface area (Å²) in [6.45, 7) is 7.22. The van der Waals surface area contributed by atoms with Gasteiger partial charge in [0.25, 0.3) is 11.6 Å². The molecular formula is C20H27N3O6. The summed E-state index contributed by atoms with van der Waals surface area (Å²) in [5, 5.41) is 11.5. The van der Waals surface area contributed by atoms with Crippen LogP contribution in [0, 0.1) is 22.0 Å². The highest BCUT2D eigenvalue weighted by molar-refractivity contribution is 5.93. The number of hydrogen-bond acceptors (Lipinski definition) is 7. The fourth-order valence-electron chi connectivity index (χ4n) is 4.04. The summed E-state index contributed by atoms with van der Waals surface area (Å²) in [6.07, 6.45) is 1.07. The predicted molar refractivity (Wildman–Crippen MR) is 106 cm³/mol. The summed E-state index contributed by atoms with van der Waals surface area (Å²) in [7, 11) is 0. The largest absolute Gasteiger partial charge is 0.452 e. The number of hydrogen-bond donors (Lipinski definition) is 0. The Bertz CT molecular complexity index is 767. The van der Waals surface area contributed by atoms with Crippen LogP contribution in [0.5, 0.6) is 0 Å². The molecule has 0 bridgehead atoms. The molecule has 0 N–H and O–H groups in total. The van der Waals surface area contributed by atoms with E-state index in [0.29, 0.717) is 56.9 Å². The first-order chi connectivity index (χ1) is 13.8. The summed E-state index contributed by atoms with van der Waals surface area (Å²) < 4.78 is 10.4. The number of amides is 1. The van der Waals surface area contributed by atoms with Crippen LogP contribution in [0.2, 0.25) is 0 Å². The van der Waals surface area contributed by atoms with Crippen molar-refractivity contribution in [1.29, 1.82) is 0 Å². The molecule has 9 heteroatoms. The van der Waals surface area contributed by atoms with E-state index in [1.807, 2.05) is 4.90 Å². The number of carbonyl (C=O) groups excluding carboxylic acids is 2. The van der Waals surface area contributed by atoms with Gasteiger partial charge in [-0.2, -0.15) is 0 Å². The van der Waals surface area contributed by atoms with E-state index in [9.17, 15) is 19.7 Å². The van der Waals surface area contributed by atoms with Gasteiger partial charge in [0.2, 0.25) is 0 Å². The van der Waals surface area contributed by atoms with Crippen molar-refractivity contribution in [2.24, 2.45) is 11.8 Å². The summed E-state index contributed by atoms with van der Waals surface area (Å²) in [5.74, 6) is -0.160. The van der Waals surface area contributed by atoms with Gasteiger partial charge in [-0.25, -0.2) is 4.79 Å². The van der Waals surface area contributed by atoms with Crippen LogP contribution >= 0.6 is 0 Å². The van der Waals surface area contributed by atoms with E-state index in [-0.39, 0.29) is 23.8 Å². The first-order valence-corrected chi connectivity index (χ1v) is 9.91. The molecule has 9 nitrogen and oxygen atoms in total. The number of morpholine rings is 1. The van der Waals surface area contributed by atoms with Crippen LogP contribution in [-0.4, -0.2) is 67.7 Å². The number of likely N-dealkylation sites (tertiary alicyclic amines) is 1. The lowest BCUT2D eigenvalue weighted by Gasteiger charge is -2.34. The van der Waals surface area contributed by atoms with Crippen molar-refractivity contribution in [2.75, 3.05) is 50.9 Å². The SMILES string of the molecule is C[C@@H]1C[C@@H](C)CN(C(=O)COC(=O)c2ccc(N3CCOCC3)c([N+](=O)[O-])c2)C1. The first kappa shape index (κ1) is 21.0. The number of carbonyl (C=O) groups is 2. The molecule has 0 spiro atoms. The van der Waals surface area contributed by atoms with Gasteiger partial charge in [-0.1, -0.05) is 13.8 Å². The van der Waals surface area contributed by atoms with Gasteiger partial charge < -0.3 is 19.3 Å². The highest BCUT2D eigenvalue weighted by Crippen LogP contribution is 2.30. The lowest BCUT2D eigenvalue weighted by atomic mass is 9.92. The Hall–Kier alpha value is -2.68. The molecule has 2 saturated heterocycles. The molecule has 2 fully saturated rings. The molecule has 0 saturated carbocycles. The van der Waals surface area contributed by atoms with Crippen LogP contribution in [0.15, 0.2) is 18.2 Å². The maximum atomic E-state index is 12.4. The smallest absolute Gasteiger partial charge is 0.338 e. The maximum Gasteiger partial charge on any atom is 0.338 e. The van der Waals surface area contributed by atoms with Crippen molar-refractivity contribution in [3.8, 4) is 0 Å². The van der Waals surface area contributed by atoms with Crippen molar-refractivity contribution < 1.29 is 24.0 Å². The first-order valence-electron chi connectivity index (χ1n) is 9.91. The van der Waals surface area contributed by atoms with E-state index < -0.39 is 10.9 Å². The second kappa shape index (κ2) is 9.21. The van der Waals surface area contributed by atoms with E-state index in [4.69, 9.17) is 9.47 Å². The minimum atomic E-state index is -0.743. The molecule has 1 aromatic carbocycles. The Kier molecular flexibility index (Phi) is 6.68. The number of anilines is 1. The zero-order valence-corrected chi connectivity index (χ0v) is 16.8. The highest BCUT2D eigenvalue weighted by Gasteiger charge is 2.27. The van der Waals surface area contributed by atoms with Crippen molar-refractivity contribution in [1.82, 2.24) is 4.90 Å². The van der Waals surface area contributed by atoms with E-state index in [1.54, 1.807) is 11.0 Å². The van der Waals surface area contributed by atoms with Crippen LogP contribution in [0.3, 0.4) is 0 Å². The summed E-state index contributed by atoms with van der Waals surface area (Å²) in [4.78, 5) is 39.3. The van der Waals surface area contributed by atoms with Gasteiger partial charge >= 0.3 is 5.97 Å². The number of nitrogens with zero attached hydrogens (tertiary/aromatic N) is 3. The Morgan fingerprint density at radius 2 is 1.86 bits per heavy atom. The van der Waals surface area contributed by atoms with Crippen molar-refractivity contribution in [3.05, 3.63) is 33.9 Å². The molecule has 0 unspecified atom stereocenters. The Morgan fingerprint density at radius 3 is 2.48 bits per heavy atom. The monoisotopic (exact) mass is 405 g/mol. The van der Waals surface area contributed by atoms with Gasteiger partial charge in [0, 0.05) is 32.2 Å². The number of esters is 1. The second-order valence-corrected chi connectivity index (χ2v) is 7.88. The van der Waals surface area contributed by atoms with Gasteiger partial charge in [-0.3, -0.25) is 14.9 Å². The molecule has 3 rings (SSSR count). The molecule has 1 amide bonds. The fourth-order valence-corrected chi connectivity index (χ4v) is 4.04. The third kappa shape index (κ3) is 5.23. The lowest BCUT2D eigenvalue weighted by molar-refractivity contribution is -0.384. The lowest BCUT2D eigenvalue weighted by Crippen LogP contribution is -2.44. The zero-order valence-electron chi connectivity index (χ0n) is 16.8. The average Bonchev–Trinajstić information content (AvgIpc) is 2.71. The van der Waals surface area contributed by atoms with E-state index in [2.05, 4.69) is 13.8 Å². The molecule has 158 valence electrons. The maximum absolute atomic E-state index is 12.4. The third-order valence-corrected chi connectivity index (χ3v) is 5.31. The van der Waals surface area contributed by atoms with E-state index >= 15 is 0 Å². The van der Waals surface area contributed by atoms with Crippen LogP contribution in [0.4, 0.5) is 11.4 Å². The van der Waals surface area contributed by atoms with E-state index in [0.717, 1.165) is 6.42 Å². The van der Waals surface area contributed by atoms with Crippen LogP contribution in [0.1, 0.15) is 30.6 Å². The number of nitro benzene ring substituents is 1. The Balaban J connectivity index is 1.65. The molecule has 2 heterocycles. The van der Waals surface area contributed by atoms with Crippen LogP contribution in [0.25, 0.3) is 0 Å². The number of rotatable bonds is 5. The predicted octanol–water partition coefficient (Wildman–Crippen LogP) is 2.09. The molecular weight excluding hydrogens is 378 g/mol. The molecule has 0 radical (unpaired) electrons. The summed E-state index contributed by atoms with van der Waals surface area (Å²) in [6, 6.07) is 4.26. The topological polar surface area (TPSA) is 102 Å². The average molecular weight is 405 g/mol. The van der Waals surface area contributed by atoms with Crippen molar-refractivity contribution >= 4 is 23.3 Å². The minimum absolute atomic E-state index is 0.0573.